The first-order chi connectivity index (χ1) is 23.2. The van der Waals surface area contributed by atoms with E-state index in [0.29, 0.717) is 32.8 Å². The summed E-state index contributed by atoms with van der Waals surface area (Å²) in [7, 11) is -0.497. The van der Waals surface area contributed by atoms with Crippen LogP contribution in [0.4, 0.5) is 5.69 Å². The average Bonchev–Trinajstić information content (AvgIpc) is 3.09. The van der Waals surface area contributed by atoms with Crippen molar-refractivity contribution in [3.05, 3.63) is 83.4 Å². The molecule has 1 N–H and O–H groups in total. The molecule has 0 amide bonds. The number of piperidine rings is 1. The number of anilines is 1. The molecule has 10 heteroatoms. The number of nitrogens with one attached hydrogen (secondary N) is 1. The van der Waals surface area contributed by atoms with Crippen LogP contribution in [0.3, 0.4) is 0 Å². The summed E-state index contributed by atoms with van der Waals surface area (Å²) in [6, 6.07) is 23.0. The first-order valence-electron chi connectivity index (χ1n) is 16.8. The van der Waals surface area contributed by atoms with Gasteiger partial charge in [0.05, 0.1) is 54.2 Å². The molecule has 1 saturated heterocycles. The Morgan fingerprint density at radius 1 is 1.06 bits per heavy atom. The van der Waals surface area contributed by atoms with E-state index in [4.69, 9.17) is 18.9 Å². The Bertz CT molecular complexity index is 1640. The lowest BCUT2D eigenvalue weighted by atomic mass is 9.79. The van der Waals surface area contributed by atoms with Crippen LogP contribution in [0.1, 0.15) is 49.3 Å². The van der Waals surface area contributed by atoms with Crippen LogP contribution in [0, 0.1) is 30.1 Å². The number of ether oxygens (including phenoxy) is 4. The third-order valence-electron chi connectivity index (χ3n) is 9.63. The fourth-order valence-corrected chi connectivity index (χ4v) is 9.17. The molecule has 3 aromatic carbocycles. The largest absolute Gasteiger partial charge is 0.497 e. The molecule has 0 aliphatic carbocycles. The van der Waals surface area contributed by atoms with Crippen molar-refractivity contribution in [2.45, 2.75) is 68.4 Å². The Morgan fingerprint density at radius 2 is 1.81 bits per heavy atom. The number of sulfone groups is 1. The summed E-state index contributed by atoms with van der Waals surface area (Å²) in [5.74, 6) is 0.650. The molecule has 9 nitrogen and oxygen atoms in total. The maximum Gasteiger partial charge on any atom is 0.184 e. The number of methoxy groups -OCH3 is 2. The van der Waals surface area contributed by atoms with Gasteiger partial charge in [-0.15, -0.1) is 0 Å². The lowest BCUT2D eigenvalue weighted by molar-refractivity contribution is 0.00150. The summed E-state index contributed by atoms with van der Waals surface area (Å²) < 4.78 is 52.0. The maximum atomic E-state index is 14.3. The number of benzene rings is 3. The Hall–Kier alpha value is -3.62. The van der Waals surface area contributed by atoms with E-state index >= 15 is 0 Å². The molecule has 2 unspecified atom stereocenters. The minimum Gasteiger partial charge on any atom is -0.497 e. The van der Waals surface area contributed by atoms with E-state index in [1.807, 2.05) is 69.3 Å². The maximum absolute atomic E-state index is 14.3. The number of nitrogens with zero attached hydrogens (tertiary/aromatic N) is 2. The molecule has 0 bridgehead atoms. The van der Waals surface area contributed by atoms with Gasteiger partial charge in [0.25, 0.3) is 0 Å². The summed E-state index contributed by atoms with van der Waals surface area (Å²) in [5.41, 5.74) is 4.12. The van der Waals surface area contributed by atoms with Gasteiger partial charge in [0, 0.05) is 38.8 Å². The molecule has 0 saturated carbocycles. The van der Waals surface area contributed by atoms with Crippen molar-refractivity contribution in [2.75, 3.05) is 52.0 Å². The van der Waals surface area contributed by atoms with Crippen LogP contribution in [-0.2, 0) is 25.9 Å². The lowest BCUT2D eigenvalue weighted by Gasteiger charge is -2.42. The third kappa shape index (κ3) is 8.15. The molecule has 48 heavy (non-hydrogen) atoms. The molecule has 0 radical (unpaired) electrons. The normalized spacial score (nSPS) is 20.8. The van der Waals surface area contributed by atoms with E-state index in [-0.39, 0.29) is 22.8 Å². The number of aryl methyl sites for hydroxylation is 1. The molecule has 5 atom stereocenters. The second kappa shape index (κ2) is 16.2. The molecule has 2 aliphatic heterocycles. The van der Waals surface area contributed by atoms with Crippen molar-refractivity contribution in [1.82, 2.24) is 5.32 Å². The van der Waals surface area contributed by atoms with Gasteiger partial charge >= 0.3 is 0 Å². The standard InChI is InChI=1S/C38H49N3O6S/c1-26(2)33(23-39)38(48(42,43)31-14-7-27(3)8-15-31)34-22-32(29-10-12-30(45-5)13-11-29)37(24-40-34)47-25-28-9-16-36-35(21-28)41(18-20-46-36)17-6-19-44-4/h7-16,21,26,32-34,37-38,40H,6,17-20,22,24-25H2,1-5H3/t32-,33?,34+,37+,38?/m1/s1. The Balaban J connectivity index is 1.42. The van der Waals surface area contributed by atoms with Crippen molar-refractivity contribution >= 4 is 15.5 Å². The Morgan fingerprint density at radius 3 is 2.48 bits per heavy atom. The zero-order valence-electron chi connectivity index (χ0n) is 28.7. The first-order valence-corrected chi connectivity index (χ1v) is 18.4. The highest BCUT2D eigenvalue weighted by molar-refractivity contribution is 7.92. The second-order valence-corrected chi connectivity index (χ2v) is 15.3. The molecule has 5 rings (SSSR count). The molecule has 0 spiro atoms. The monoisotopic (exact) mass is 675 g/mol. The second-order valence-electron chi connectivity index (χ2n) is 13.2. The zero-order chi connectivity index (χ0) is 34.3. The van der Waals surface area contributed by atoms with E-state index in [9.17, 15) is 13.7 Å². The number of fused-ring (bicyclic) bond motifs is 1. The van der Waals surface area contributed by atoms with E-state index in [2.05, 4.69) is 22.4 Å². The molecule has 0 aromatic heterocycles. The number of hydrogen-bond acceptors (Lipinski definition) is 9. The van der Waals surface area contributed by atoms with Gasteiger partial charge in [0.15, 0.2) is 9.84 Å². The smallest absolute Gasteiger partial charge is 0.184 e. The third-order valence-corrected chi connectivity index (χ3v) is 11.9. The molecular formula is C38H49N3O6S. The molecule has 2 heterocycles. The van der Waals surface area contributed by atoms with Crippen LogP contribution in [0.2, 0.25) is 0 Å². The molecule has 1 fully saturated rings. The topological polar surface area (TPSA) is 110 Å². The summed E-state index contributed by atoms with van der Waals surface area (Å²) in [4.78, 5) is 2.58. The van der Waals surface area contributed by atoms with Crippen LogP contribution in [0.5, 0.6) is 11.5 Å². The highest BCUT2D eigenvalue weighted by Crippen LogP contribution is 2.39. The quantitative estimate of drug-likeness (QED) is 0.209. The predicted molar refractivity (Wildman–Crippen MR) is 187 cm³/mol. The van der Waals surface area contributed by atoms with Crippen molar-refractivity contribution in [1.29, 1.82) is 5.26 Å². The van der Waals surface area contributed by atoms with Crippen LogP contribution in [0.25, 0.3) is 0 Å². The highest BCUT2D eigenvalue weighted by atomic mass is 32.2. The summed E-state index contributed by atoms with van der Waals surface area (Å²) in [6.45, 7) is 9.66. The molecule has 258 valence electrons. The van der Waals surface area contributed by atoms with E-state index in [1.165, 1.54) is 0 Å². The summed E-state index contributed by atoms with van der Waals surface area (Å²) in [6.07, 6.45) is 1.18. The summed E-state index contributed by atoms with van der Waals surface area (Å²) in [5, 5.41) is 12.9. The van der Waals surface area contributed by atoms with Gasteiger partial charge in [0.2, 0.25) is 0 Å². The Labute approximate surface area is 286 Å². The van der Waals surface area contributed by atoms with Gasteiger partial charge < -0.3 is 29.2 Å². The minimum atomic E-state index is -3.86. The van der Waals surface area contributed by atoms with Gasteiger partial charge in [-0.05, 0) is 73.2 Å². The van der Waals surface area contributed by atoms with Crippen LogP contribution in [0.15, 0.2) is 71.6 Å². The van der Waals surface area contributed by atoms with Crippen molar-refractivity contribution in [2.24, 2.45) is 11.8 Å². The van der Waals surface area contributed by atoms with Crippen LogP contribution >= 0.6 is 0 Å². The minimum absolute atomic E-state index is 0.115. The first kappa shape index (κ1) is 35.7. The molecular weight excluding hydrogens is 627 g/mol. The van der Waals surface area contributed by atoms with Crippen LogP contribution in [-0.4, -0.2) is 72.9 Å². The van der Waals surface area contributed by atoms with Gasteiger partial charge in [-0.3, -0.25) is 0 Å². The van der Waals surface area contributed by atoms with Crippen molar-refractivity contribution in [3.8, 4) is 17.6 Å². The number of hydrogen-bond donors (Lipinski definition) is 1. The SMILES string of the molecule is COCCCN1CCOc2ccc(CO[C@H]3CN[C@H](C(C(C#N)C(C)C)S(=O)(=O)c4ccc(C)cc4)C[C@@H]3c3ccc(OC)cc3)cc21. The van der Waals surface area contributed by atoms with E-state index < -0.39 is 27.0 Å². The number of rotatable bonds is 14. The zero-order valence-corrected chi connectivity index (χ0v) is 29.5. The van der Waals surface area contributed by atoms with Crippen molar-refractivity contribution in [3.63, 3.8) is 0 Å². The van der Waals surface area contributed by atoms with Gasteiger partial charge in [-0.2, -0.15) is 5.26 Å². The van der Waals surface area contributed by atoms with Crippen LogP contribution < -0.4 is 19.7 Å². The van der Waals surface area contributed by atoms with Gasteiger partial charge in [0.1, 0.15) is 18.1 Å². The molecule has 2 aliphatic rings. The highest BCUT2D eigenvalue weighted by Gasteiger charge is 2.46. The lowest BCUT2D eigenvalue weighted by Crippen LogP contribution is -2.56. The van der Waals surface area contributed by atoms with Gasteiger partial charge in [-0.1, -0.05) is 49.7 Å². The predicted octanol–water partition coefficient (Wildman–Crippen LogP) is 5.91. The fourth-order valence-electron chi connectivity index (χ4n) is 6.94. The van der Waals surface area contributed by atoms with E-state index in [1.54, 1.807) is 26.4 Å². The average molecular weight is 676 g/mol. The van der Waals surface area contributed by atoms with Crippen molar-refractivity contribution < 1.29 is 27.4 Å². The van der Waals surface area contributed by atoms with Gasteiger partial charge in [-0.25, -0.2) is 8.42 Å². The fraction of sp³-hybridized carbons (Fsp3) is 0.500. The molecule has 3 aromatic rings. The Kier molecular flexibility index (Phi) is 12.0. The number of nitriles is 1. The van der Waals surface area contributed by atoms with E-state index in [0.717, 1.165) is 53.4 Å². The summed E-state index contributed by atoms with van der Waals surface area (Å²) >= 11 is 0.